The van der Waals surface area contributed by atoms with Crippen LogP contribution in [0, 0.1) is 11.7 Å². The van der Waals surface area contributed by atoms with E-state index in [4.69, 9.17) is 5.11 Å². The molecule has 2 aliphatic heterocycles. The van der Waals surface area contributed by atoms with Crippen molar-refractivity contribution in [1.29, 1.82) is 0 Å². The van der Waals surface area contributed by atoms with E-state index in [1.165, 1.54) is 0 Å². The van der Waals surface area contributed by atoms with Crippen LogP contribution in [0.2, 0.25) is 0 Å². The highest BCUT2D eigenvalue weighted by Gasteiger charge is 2.30. The van der Waals surface area contributed by atoms with Gasteiger partial charge in [-0.3, -0.25) is 4.79 Å². The number of likely N-dealkylation sites (N-methyl/N-ethyl adjacent to an activating group) is 1. The number of halogens is 1. The standard InChI is InChI=1S/C16H22FN3O2/c1-19-4-6-20(7-5-19)15-3-2-11(8-13(15)17)14-9-12(10-18-14)16(21)22/h2-3,8,12,14,18H,4-7,9-10H2,1H3,(H,21,22). The van der Waals surface area contributed by atoms with Crippen LogP contribution in [-0.2, 0) is 4.79 Å². The van der Waals surface area contributed by atoms with Gasteiger partial charge in [-0.2, -0.15) is 0 Å². The normalized spacial score (nSPS) is 26.4. The minimum absolute atomic E-state index is 0.0721. The van der Waals surface area contributed by atoms with Gasteiger partial charge in [-0.15, -0.1) is 0 Å². The Balaban J connectivity index is 1.71. The lowest BCUT2D eigenvalue weighted by Gasteiger charge is -2.34. The first kappa shape index (κ1) is 15.2. The zero-order valence-electron chi connectivity index (χ0n) is 12.8. The average molecular weight is 307 g/mol. The number of carboxylic acid groups (broad SMARTS) is 1. The molecule has 2 fully saturated rings. The maximum Gasteiger partial charge on any atom is 0.307 e. The van der Waals surface area contributed by atoms with Crippen LogP contribution in [0.4, 0.5) is 10.1 Å². The Labute approximate surface area is 129 Å². The molecule has 0 radical (unpaired) electrons. The Morgan fingerprint density at radius 2 is 2.05 bits per heavy atom. The summed E-state index contributed by atoms with van der Waals surface area (Å²) in [6, 6.07) is 5.22. The fourth-order valence-electron chi connectivity index (χ4n) is 3.22. The molecule has 0 saturated carbocycles. The minimum atomic E-state index is -0.787. The van der Waals surface area contributed by atoms with Crippen LogP contribution in [0.3, 0.4) is 0 Å². The van der Waals surface area contributed by atoms with Crippen LogP contribution in [-0.4, -0.2) is 55.7 Å². The van der Waals surface area contributed by atoms with Crippen LogP contribution in [0.25, 0.3) is 0 Å². The summed E-state index contributed by atoms with van der Waals surface area (Å²) in [6.45, 7) is 3.98. The number of carbonyl (C=O) groups is 1. The molecule has 0 bridgehead atoms. The van der Waals surface area contributed by atoms with Gasteiger partial charge in [0.1, 0.15) is 5.82 Å². The lowest BCUT2D eigenvalue weighted by molar-refractivity contribution is -0.141. The van der Waals surface area contributed by atoms with Crippen molar-refractivity contribution >= 4 is 11.7 Å². The Morgan fingerprint density at radius 3 is 2.64 bits per heavy atom. The van der Waals surface area contributed by atoms with E-state index in [0.29, 0.717) is 18.7 Å². The van der Waals surface area contributed by atoms with E-state index in [9.17, 15) is 9.18 Å². The number of aliphatic carboxylic acids is 1. The quantitative estimate of drug-likeness (QED) is 0.882. The first-order valence-electron chi connectivity index (χ1n) is 7.73. The molecular formula is C16H22FN3O2. The summed E-state index contributed by atoms with van der Waals surface area (Å²) < 4.78 is 14.4. The molecule has 3 rings (SSSR count). The lowest BCUT2D eigenvalue weighted by Crippen LogP contribution is -2.44. The molecule has 0 amide bonds. The van der Waals surface area contributed by atoms with Gasteiger partial charge in [-0.25, -0.2) is 4.39 Å². The molecule has 1 aromatic rings. The molecule has 2 N–H and O–H groups in total. The van der Waals surface area contributed by atoms with Gasteiger partial charge in [0.15, 0.2) is 0 Å². The van der Waals surface area contributed by atoms with Gasteiger partial charge in [0.05, 0.1) is 11.6 Å². The molecule has 2 unspecified atom stereocenters. The second kappa shape index (κ2) is 6.22. The van der Waals surface area contributed by atoms with Gasteiger partial charge >= 0.3 is 5.97 Å². The van der Waals surface area contributed by atoms with Crippen molar-refractivity contribution in [2.75, 3.05) is 44.7 Å². The highest BCUT2D eigenvalue weighted by molar-refractivity contribution is 5.70. The number of nitrogens with zero attached hydrogens (tertiary/aromatic N) is 2. The van der Waals surface area contributed by atoms with E-state index in [1.807, 2.05) is 12.1 Å². The van der Waals surface area contributed by atoms with E-state index < -0.39 is 5.97 Å². The van der Waals surface area contributed by atoms with Crippen molar-refractivity contribution in [3.8, 4) is 0 Å². The Bertz CT molecular complexity index is 558. The topological polar surface area (TPSA) is 55.8 Å². The SMILES string of the molecule is CN1CCN(c2ccc(C3CC(C(=O)O)CN3)cc2F)CC1. The van der Waals surface area contributed by atoms with Gasteiger partial charge in [-0.1, -0.05) is 6.07 Å². The fourth-order valence-corrected chi connectivity index (χ4v) is 3.22. The molecule has 2 heterocycles. The van der Waals surface area contributed by atoms with Gasteiger partial charge in [0.25, 0.3) is 0 Å². The summed E-state index contributed by atoms with van der Waals surface area (Å²) in [6.07, 6.45) is 0.516. The lowest BCUT2D eigenvalue weighted by atomic mass is 9.99. The number of piperazine rings is 1. The number of carboxylic acids is 1. The zero-order valence-corrected chi connectivity index (χ0v) is 12.8. The molecule has 120 valence electrons. The summed E-state index contributed by atoms with van der Waals surface area (Å²) >= 11 is 0. The number of benzene rings is 1. The van der Waals surface area contributed by atoms with E-state index in [1.54, 1.807) is 6.07 Å². The van der Waals surface area contributed by atoms with Crippen LogP contribution in [0.5, 0.6) is 0 Å². The van der Waals surface area contributed by atoms with Crippen LogP contribution >= 0.6 is 0 Å². The second-order valence-corrected chi connectivity index (χ2v) is 6.23. The Morgan fingerprint density at radius 1 is 1.32 bits per heavy atom. The van der Waals surface area contributed by atoms with Crippen LogP contribution in [0.15, 0.2) is 18.2 Å². The summed E-state index contributed by atoms with van der Waals surface area (Å²) in [5, 5.41) is 12.2. The largest absolute Gasteiger partial charge is 0.481 e. The minimum Gasteiger partial charge on any atom is -0.481 e. The molecule has 0 aliphatic carbocycles. The number of hydrogen-bond donors (Lipinski definition) is 2. The first-order valence-corrected chi connectivity index (χ1v) is 7.73. The highest BCUT2D eigenvalue weighted by Crippen LogP contribution is 2.30. The average Bonchev–Trinajstić information content (AvgIpc) is 2.98. The van der Waals surface area contributed by atoms with E-state index >= 15 is 0 Å². The number of nitrogens with one attached hydrogen (secondary N) is 1. The highest BCUT2D eigenvalue weighted by atomic mass is 19.1. The van der Waals surface area contributed by atoms with E-state index in [2.05, 4.69) is 22.2 Å². The molecule has 22 heavy (non-hydrogen) atoms. The molecule has 2 atom stereocenters. The van der Waals surface area contributed by atoms with Crippen molar-refractivity contribution in [2.24, 2.45) is 5.92 Å². The molecule has 1 aromatic carbocycles. The smallest absolute Gasteiger partial charge is 0.307 e. The fraction of sp³-hybridized carbons (Fsp3) is 0.562. The van der Waals surface area contributed by atoms with E-state index in [0.717, 1.165) is 31.7 Å². The second-order valence-electron chi connectivity index (χ2n) is 6.23. The monoisotopic (exact) mass is 307 g/mol. The van der Waals surface area contributed by atoms with Crippen molar-refractivity contribution in [1.82, 2.24) is 10.2 Å². The van der Waals surface area contributed by atoms with Gasteiger partial charge < -0.3 is 20.2 Å². The number of rotatable bonds is 3. The maximum absolute atomic E-state index is 14.4. The van der Waals surface area contributed by atoms with Gasteiger partial charge in [-0.05, 0) is 31.2 Å². The molecule has 2 saturated heterocycles. The maximum atomic E-state index is 14.4. The number of hydrogen-bond acceptors (Lipinski definition) is 4. The third-order valence-corrected chi connectivity index (χ3v) is 4.70. The van der Waals surface area contributed by atoms with Crippen LogP contribution < -0.4 is 10.2 Å². The summed E-state index contributed by atoms with van der Waals surface area (Å²) in [5.41, 5.74) is 1.48. The van der Waals surface area contributed by atoms with Crippen molar-refractivity contribution < 1.29 is 14.3 Å². The van der Waals surface area contributed by atoms with E-state index in [-0.39, 0.29) is 17.8 Å². The van der Waals surface area contributed by atoms with Gasteiger partial charge in [0.2, 0.25) is 0 Å². The predicted octanol–water partition coefficient (Wildman–Crippen LogP) is 1.31. The zero-order chi connectivity index (χ0) is 15.7. The third-order valence-electron chi connectivity index (χ3n) is 4.70. The summed E-state index contributed by atoms with van der Waals surface area (Å²) in [4.78, 5) is 15.3. The van der Waals surface area contributed by atoms with Crippen molar-refractivity contribution in [3.63, 3.8) is 0 Å². The predicted molar refractivity (Wildman–Crippen MR) is 82.6 cm³/mol. The van der Waals surface area contributed by atoms with Crippen LogP contribution in [0.1, 0.15) is 18.0 Å². The third kappa shape index (κ3) is 3.08. The Kier molecular flexibility index (Phi) is 4.31. The summed E-state index contributed by atoms with van der Waals surface area (Å²) in [5.74, 6) is -1.39. The molecule has 5 nitrogen and oxygen atoms in total. The number of anilines is 1. The molecular weight excluding hydrogens is 285 g/mol. The molecule has 2 aliphatic rings. The summed E-state index contributed by atoms with van der Waals surface area (Å²) in [7, 11) is 2.07. The molecule has 0 aromatic heterocycles. The molecule has 6 heteroatoms. The Hall–Kier alpha value is -1.66. The first-order chi connectivity index (χ1) is 10.5. The van der Waals surface area contributed by atoms with Gasteiger partial charge in [0, 0.05) is 38.8 Å². The van der Waals surface area contributed by atoms with Crippen molar-refractivity contribution in [2.45, 2.75) is 12.5 Å². The van der Waals surface area contributed by atoms with Crippen molar-refractivity contribution in [3.05, 3.63) is 29.6 Å². The molecule has 0 spiro atoms.